The van der Waals surface area contributed by atoms with Crippen molar-refractivity contribution in [2.75, 3.05) is 6.54 Å². The third-order valence-corrected chi connectivity index (χ3v) is 6.29. The molecule has 0 bridgehead atoms. The molecule has 184 valence electrons. The van der Waals surface area contributed by atoms with Crippen LogP contribution in [0.1, 0.15) is 55.0 Å². The van der Waals surface area contributed by atoms with E-state index in [2.05, 4.69) is 0 Å². The van der Waals surface area contributed by atoms with Gasteiger partial charge in [-0.15, -0.1) is 0 Å². The van der Waals surface area contributed by atoms with Crippen LogP contribution in [0, 0.1) is 10.1 Å². The highest BCUT2D eigenvalue weighted by Gasteiger charge is 2.28. The molecule has 1 atom stereocenters. The second-order valence-electron chi connectivity index (χ2n) is 8.59. The fourth-order valence-electron chi connectivity index (χ4n) is 4.46. The van der Waals surface area contributed by atoms with E-state index in [1.807, 2.05) is 51.1 Å². The Balaban J connectivity index is 1.92. The van der Waals surface area contributed by atoms with Crippen molar-refractivity contribution < 1.29 is 9.72 Å². The number of aryl methyl sites for hydroxylation is 1. The monoisotopic (exact) mass is 484 g/mol. The van der Waals surface area contributed by atoms with Gasteiger partial charge < -0.3 is 4.90 Å². The zero-order valence-corrected chi connectivity index (χ0v) is 20.5. The van der Waals surface area contributed by atoms with Crippen molar-refractivity contribution in [3.63, 3.8) is 0 Å². The van der Waals surface area contributed by atoms with E-state index in [4.69, 9.17) is 4.98 Å². The van der Waals surface area contributed by atoms with Crippen LogP contribution in [-0.2, 0) is 6.42 Å². The summed E-state index contributed by atoms with van der Waals surface area (Å²) in [6.07, 6.45) is 1.38. The minimum absolute atomic E-state index is 0.150. The molecule has 1 amide bonds. The van der Waals surface area contributed by atoms with Gasteiger partial charge in [0.05, 0.1) is 27.6 Å². The van der Waals surface area contributed by atoms with Crippen molar-refractivity contribution in [3.05, 3.63) is 110 Å². The van der Waals surface area contributed by atoms with Crippen molar-refractivity contribution in [2.45, 2.75) is 39.7 Å². The molecule has 0 aliphatic heterocycles. The first-order valence-electron chi connectivity index (χ1n) is 12.0. The van der Waals surface area contributed by atoms with Gasteiger partial charge >= 0.3 is 0 Å². The number of nitro benzene ring substituents is 1. The fourth-order valence-corrected chi connectivity index (χ4v) is 4.46. The molecule has 1 unspecified atom stereocenters. The third kappa shape index (κ3) is 4.62. The number of nitro groups is 1. The van der Waals surface area contributed by atoms with Crippen LogP contribution in [0.5, 0.6) is 0 Å². The molecule has 4 rings (SSSR count). The summed E-state index contributed by atoms with van der Waals surface area (Å²) in [6, 6.07) is 20.0. The van der Waals surface area contributed by atoms with Gasteiger partial charge in [-0.05, 0) is 49.6 Å². The molecule has 0 radical (unpaired) electrons. The summed E-state index contributed by atoms with van der Waals surface area (Å²) >= 11 is 0. The topological polar surface area (TPSA) is 98.3 Å². The number of non-ortho nitro benzene ring substituents is 1. The Morgan fingerprint density at radius 3 is 2.50 bits per heavy atom. The quantitative estimate of drug-likeness (QED) is 0.244. The van der Waals surface area contributed by atoms with Gasteiger partial charge in [0.2, 0.25) is 0 Å². The number of aromatic nitrogens is 2. The van der Waals surface area contributed by atoms with Gasteiger partial charge in [0.1, 0.15) is 5.82 Å². The minimum Gasteiger partial charge on any atom is -0.329 e. The summed E-state index contributed by atoms with van der Waals surface area (Å²) in [7, 11) is 0. The number of nitrogens with zero attached hydrogens (tertiary/aromatic N) is 4. The van der Waals surface area contributed by atoms with Crippen molar-refractivity contribution in [2.24, 2.45) is 0 Å². The molecule has 0 saturated heterocycles. The molecular weight excluding hydrogens is 456 g/mol. The van der Waals surface area contributed by atoms with E-state index in [9.17, 15) is 19.7 Å². The second kappa shape index (κ2) is 10.5. The molecule has 0 aliphatic carbocycles. The lowest BCUT2D eigenvalue weighted by molar-refractivity contribution is -0.384. The van der Waals surface area contributed by atoms with Crippen LogP contribution < -0.4 is 5.56 Å². The number of benzene rings is 3. The van der Waals surface area contributed by atoms with Crippen LogP contribution in [0.15, 0.2) is 77.6 Å². The van der Waals surface area contributed by atoms with Gasteiger partial charge in [-0.25, -0.2) is 4.98 Å². The van der Waals surface area contributed by atoms with Crippen LogP contribution >= 0.6 is 0 Å². The predicted octanol–water partition coefficient (Wildman–Crippen LogP) is 5.47. The number of hydrogen-bond acceptors (Lipinski definition) is 5. The first-order valence-corrected chi connectivity index (χ1v) is 12.0. The first kappa shape index (κ1) is 24.8. The van der Waals surface area contributed by atoms with Crippen LogP contribution in [0.2, 0.25) is 0 Å². The van der Waals surface area contributed by atoms with Gasteiger partial charge in [0, 0.05) is 24.2 Å². The zero-order chi connectivity index (χ0) is 25.8. The largest absolute Gasteiger partial charge is 0.329 e. The fraction of sp³-hybridized carbons (Fsp3) is 0.250. The Morgan fingerprint density at radius 1 is 1.06 bits per heavy atom. The van der Waals surface area contributed by atoms with Gasteiger partial charge in [-0.3, -0.25) is 24.3 Å². The summed E-state index contributed by atoms with van der Waals surface area (Å²) in [6.45, 7) is 6.21. The van der Waals surface area contributed by atoms with Crippen molar-refractivity contribution in [1.82, 2.24) is 14.5 Å². The third-order valence-electron chi connectivity index (χ3n) is 6.29. The van der Waals surface area contributed by atoms with Crippen molar-refractivity contribution in [1.29, 1.82) is 0 Å². The number of amides is 1. The van der Waals surface area contributed by atoms with Crippen LogP contribution in [0.3, 0.4) is 0 Å². The number of hydrogen-bond donors (Lipinski definition) is 0. The van der Waals surface area contributed by atoms with E-state index in [0.29, 0.717) is 36.1 Å². The highest BCUT2D eigenvalue weighted by molar-refractivity contribution is 5.95. The Labute approximate surface area is 209 Å². The second-order valence-corrected chi connectivity index (χ2v) is 8.59. The van der Waals surface area contributed by atoms with E-state index in [1.54, 1.807) is 33.7 Å². The van der Waals surface area contributed by atoms with Crippen LogP contribution in [0.25, 0.3) is 16.6 Å². The molecule has 3 aromatic carbocycles. The molecule has 1 heterocycles. The molecule has 4 aromatic rings. The predicted molar refractivity (Wildman–Crippen MR) is 140 cm³/mol. The Morgan fingerprint density at radius 2 is 1.78 bits per heavy atom. The SMILES string of the molecule is CCCN(C(=O)c1cccc([N+](=O)[O-])c1)C(C)c1nc2ccccc2c(=O)n1-c1ccccc1CC. The maximum atomic E-state index is 13.8. The smallest absolute Gasteiger partial charge is 0.270 e. The lowest BCUT2D eigenvalue weighted by Gasteiger charge is -2.30. The maximum absolute atomic E-state index is 13.8. The lowest BCUT2D eigenvalue weighted by Crippen LogP contribution is -2.38. The average molecular weight is 485 g/mol. The van der Waals surface area contributed by atoms with Crippen LogP contribution in [0.4, 0.5) is 5.69 Å². The highest BCUT2D eigenvalue weighted by Crippen LogP contribution is 2.27. The molecule has 1 aromatic heterocycles. The van der Waals surface area contributed by atoms with Crippen molar-refractivity contribution in [3.8, 4) is 5.69 Å². The Bertz CT molecular complexity index is 1490. The van der Waals surface area contributed by atoms with Crippen LogP contribution in [-0.4, -0.2) is 31.8 Å². The summed E-state index contributed by atoms with van der Waals surface area (Å²) in [5.41, 5.74) is 2.12. The summed E-state index contributed by atoms with van der Waals surface area (Å²) in [5, 5.41) is 11.8. The van der Waals surface area contributed by atoms with Gasteiger partial charge in [-0.1, -0.05) is 50.2 Å². The number of carbonyl (C=O) groups is 1. The number of rotatable bonds is 8. The van der Waals surface area contributed by atoms with E-state index < -0.39 is 11.0 Å². The molecule has 0 aliphatic rings. The zero-order valence-electron chi connectivity index (χ0n) is 20.5. The molecule has 8 heteroatoms. The molecule has 0 fully saturated rings. The van der Waals surface area contributed by atoms with Gasteiger partial charge in [-0.2, -0.15) is 0 Å². The number of carbonyl (C=O) groups excluding carboxylic acids is 1. The number of para-hydroxylation sites is 2. The number of fused-ring (bicyclic) bond motifs is 1. The maximum Gasteiger partial charge on any atom is 0.270 e. The van der Waals surface area contributed by atoms with E-state index in [1.165, 1.54) is 18.2 Å². The lowest BCUT2D eigenvalue weighted by atomic mass is 10.1. The molecule has 8 nitrogen and oxygen atoms in total. The molecule has 0 N–H and O–H groups in total. The average Bonchev–Trinajstić information content (AvgIpc) is 2.91. The van der Waals surface area contributed by atoms with Gasteiger partial charge in [0.15, 0.2) is 0 Å². The normalized spacial score (nSPS) is 11.9. The van der Waals surface area contributed by atoms with E-state index in [-0.39, 0.29) is 22.7 Å². The summed E-state index contributed by atoms with van der Waals surface area (Å²) < 4.78 is 1.61. The van der Waals surface area contributed by atoms with E-state index in [0.717, 1.165) is 11.3 Å². The molecule has 0 saturated carbocycles. The van der Waals surface area contributed by atoms with Gasteiger partial charge in [0.25, 0.3) is 17.2 Å². The standard InChI is InChI=1S/C28H28N4O4/c1-4-17-30(27(33)21-12-10-13-22(18-21)32(35)36)19(3)26-29-24-15-8-7-14-23(24)28(34)31(26)25-16-9-6-11-20(25)5-2/h6-16,18-19H,4-5,17H2,1-3H3. The molecule has 36 heavy (non-hydrogen) atoms. The minimum atomic E-state index is -0.584. The molecular formula is C28H28N4O4. The van der Waals surface area contributed by atoms with Crippen molar-refractivity contribution >= 4 is 22.5 Å². The summed E-state index contributed by atoms with van der Waals surface area (Å²) in [4.78, 5) is 44.7. The first-order chi connectivity index (χ1) is 17.4. The Kier molecular flexibility index (Phi) is 7.24. The van der Waals surface area contributed by atoms with E-state index >= 15 is 0 Å². The highest BCUT2D eigenvalue weighted by atomic mass is 16.6. The summed E-state index contributed by atoms with van der Waals surface area (Å²) in [5.74, 6) is 0.0811. The Hall–Kier alpha value is -4.33. The molecule has 0 spiro atoms.